The summed E-state index contributed by atoms with van der Waals surface area (Å²) in [6.45, 7) is 0. The summed E-state index contributed by atoms with van der Waals surface area (Å²) in [6.07, 6.45) is 3.28. The van der Waals surface area contributed by atoms with E-state index in [1.54, 1.807) is 24.3 Å². The largest absolute Gasteiger partial charge is 0.274 e. The Morgan fingerprint density at radius 2 is 1.68 bits per heavy atom. The number of anilines is 1. The minimum atomic E-state index is -0.0646. The van der Waals surface area contributed by atoms with Crippen LogP contribution in [0, 0.1) is 23.7 Å². The number of halogens is 1. The third-order valence-corrected chi connectivity index (χ3v) is 5.23. The molecule has 3 nitrogen and oxygen atoms in total. The summed E-state index contributed by atoms with van der Waals surface area (Å²) in [5.74, 6) is 0.704. The van der Waals surface area contributed by atoms with Gasteiger partial charge in [0.2, 0.25) is 11.8 Å². The fourth-order valence-electron chi connectivity index (χ4n) is 4.28. The van der Waals surface area contributed by atoms with Crippen LogP contribution in [-0.4, -0.2) is 11.8 Å². The van der Waals surface area contributed by atoms with Gasteiger partial charge >= 0.3 is 0 Å². The number of carbonyl (C=O) groups is 2. The fraction of sp³-hybridized carbons (Fsp3) is 0.467. The summed E-state index contributed by atoms with van der Waals surface area (Å²) in [5.41, 5.74) is 0.622. The predicted molar refractivity (Wildman–Crippen MR) is 71.8 cm³/mol. The molecule has 2 amide bonds. The Labute approximate surface area is 116 Å². The second-order valence-electron chi connectivity index (χ2n) is 5.88. The smallest absolute Gasteiger partial charge is 0.237 e. The van der Waals surface area contributed by atoms with Gasteiger partial charge in [-0.2, -0.15) is 0 Å². The Balaban J connectivity index is 1.75. The van der Waals surface area contributed by atoms with E-state index in [1.807, 2.05) is 0 Å². The minimum absolute atomic E-state index is 0.00975. The molecule has 4 heteroatoms. The van der Waals surface area contributed by atoms with Gasteiger partial charge in [-0.1, -0.05) is 17.7 Å². The number of benzene rings is 1. The van der Waals surface area contributed by atoms with Gasteiger partial charge in [-0.3, -0.25) is 9.59 Å². The molecule has 3 aliphatic rings. The van der Waals surface area contributed by atoms with Crippen molar-refractivity contribution in [2.45, 2.75) is 19.3 Å². The zero-order valence-corrected chi connectivity index (χ0v) is 11.1. The van der Waals surface area contributed by atoms with Gasteiger partial charge < -0.3 is 0 Å². The molecule has 1 saturated heterocycles. The number of amides is 2. The van der Waals surface area contributed by atoms with E-state index < -0.39 is 0 Å². The zero-order chi connectivity index (χ0) is 13.1. The third-order valence-electron chi connectivity index (χ3n) is 4.99. The van der Waals surface area contributed by atoms with E-state index in [9.17, 15) is 9.59 Å². The van der Waals surface area contributed by atoms with Crippen molar-refractivity contribution in [2.75, 3.05) is 4.90 Å². The second-order valence-corrected chi connectivity index (χ2v) is 6.31. The molecular formula is C15H14ClNO2. The van der Waals surface area contributed by atoms with Crippen LogP contribution in [0.15, 0.2) is 24.3 Å². The van der Waals surface area contributed by atoms with Crippen molar-refractivity contribution in [1.82, 2.24) is 0 Å². The highest BCUT2D eigenvalue weighted by atomic mass is 35.5. The maximum atomic E-state index is 12.6. The van der Waals surface area contributed by atoms with E-state index in [-0.39, 0.29) is 23.7 Å². The van der Waals surface area contributed by atoms with E-state index in [4.69, 9.17) is 11.6 Å². The molecule has 1 aliphatic heterocycles. The standard InChI is InChI=1S/C15H14ClNO2/c16-10-2-1-3-11(7-10)17-14(18)12-8-4-5-9(6-8)13(12)15(17)19/h1-3,7-9,12-13H,4-6H2/t8-,9-,12-,13+/m0/s1. The molecule has 1 heterocycles. The summed E-state index contributed by atoms with van der Waals surface area (Å²) in [5, 5.41) is 0.554. The number of rotatable bonds is 1. The van der Waals surface area contributed by atoms with Crippen LogP contribution in [0.1, 0.15) is 19.3 Å². The average molecular weight is 276 g/mol. The van der Waals surface area contributed by atoms with Crippen molar-refractivity contribution in [2.24, 2.45) is 23.7 Å². The minimum Gasteiger partial charge on any atom is -0.274 e. The molecule has 2 saturated carbocycles. The van der Waals surface area contributed by atoms with Crippen LogP contribution in [0.2, 0.25) is 5.02 Å². The molecule has 4 atom stereocenters. The monoisotopic (exact) mass is 275 g/mol. The van der Waals surface area contributed by atoms with Gasteiger partial charge in [-0.25, -0.2) is 4.90 Å². The lowest BCUT2D eigenvalue weighted by Gasteiger charge is -2.19. The Hall–Kier alpha value is -1.35. The maximum absolute atomic E-state index is 12.6. The highest BCUT2D eigenvalue weighted by Gasteiger charge is 2.61. The van der Waals surface area contributed by atoms with Crippen LogP contribution in [0.4, 0.5) is 5.69 Å². The van der Waals surface area contributed by atoms with Crippen molar-refractivity contribution in [3.05, 3.63) is 29.3 Å². The Morgan fingerprint density at radius 1 is 1.05 bits per heavy atom. The van der Waals surface area contributed by atoms with Crippen LogP contribution >= 0.6 is 11.6 Å². The maximum Gasteiger partial charge on any atom is 0.237 e. The van der Waals surface area contributed by atoms with Crippen LogP contribution in [-0.2, 0) is 9.59 Å². The van der Waals surface area contributed by atoms with E-state index in [0.29, 0.717) is 22.5 Å². The predicted octanol–water partition coefficient (Wildman–Crippen LogP) is 2.88. The molecule has 1 aromatic carbocycles. The third kappa shape index (κ3) is 1.45. The molecule has 0 unspecified atom stereocenters. The molecule has 98 valence electrons. The van der Waals surface area contributed by atoms with Crippen LogP contribution in [0.3, 0.4) is 0 Å². The van der Waals surface area contributed by atoms with E-state index >= 15 is 0 Å². The van der Waals surface area contributed by atoms with Gasteiger partial charge in [0.25, 0.3) is 0 Å². The lowest BCUT2D eigenvalue weighted by molar-refractivity contribution is -0.123. The molecule has 2 aliphatic carbocycles. The Bertz CT molecular complexity index is 557. The normalized spacial score (nSPS) is 36.2. The molecular weight excluding hydrogens is 262 g/mol. The van der Waals surface area contributed by atoms with Crippen LogP contribution in [0.25, 0.3) is 0 Å². The van der Waals surface area contributed by atoms with Gasteiger partial charge in [-0.05, 0) is 49.3 Å². The van der Waals surface area contributed by atoms with Crippen molar-refractivity contribution in [3.8, 4) is 0 Å². The molecule has 4 rings (SSSR count). The molecule has 2 bridgehead atoms. The summed E-state index contributed by atoms with van der Waals surface area (Å²) in [6, 6.07) is 7.01. The lowest BCUT2D eigenvalue weighted by atomic mass is 9.81. The van der Waals surface area contributed by atoms with E-state index in [0.717, 1.165) is 19.3 Å². The summed E-state index contributed by atoms with van der Waals surface area (Å²) >= 11 is 5.96. The topological polar surface area (TPSA) is 37.4 Å². The second kappa shape index (κ2) is 3.83. The number of imide groups is 1. The van der Waals surface area contributed by atoms with Gasteiger partial charge in [-0.15, -0.1) is 0 Å². The number of hydrogen-bond donors (Lipinski definition) is 0. The van der Waals surface area contributed by atoms with E-state index in [1.165, 1.54) is 4.90 Å². The Kier molecular flexibility index (Phi) is 2.31. The molecule has 3 fully saturated rings. The first-order valence-corrected chi connectivity index (χ1v) is 7.18. The van der Waals surface area contributed by atoms with Gasteiger partial charge in [0.05, 0.1) is 17.5 Å². The molecule has 0 spiro atoms. The van der Waals surface area contributed by atoms with Gasteiger partial charge in [0.15, 0.2) is 0 Å². The van der Waals surface area contributed by atoms with Gasteiger partial charge in [0.1, 0.15) is 0 Å². The quantitative estimate of drug-likeness (QED) is 0.739. The zero-order valence-electron chi connectivity index (χ0n) is 10.4. The fourth-order valence-corrected chi connectivity index (χ4v) is 4.46. The highest BCUT2D eigenvalue weighted by molar-refractivity contribution is 6.31. The van der Waals surface area contributed by atoms with Crippen molar-refractivity contribution >= 4 is 29.1 Å². The average Bonchev–Trinajstić information content (AvgIpc) is 3.04. The van der Waals surface area contributed by atoms with Crippen LogP contribution in [0.5, 0.6) is 0 Å². The molecule has 0 N–H and O–H groups in total. The van der Waals surface area contributed by atoms with Gasteiger partial charge in [0, 0.05) is 5.02 Å². The van der Waals surface area contributed by atoms with Crippen molar-refractivity contribution in [1.29, 1.82) is 0 Å². The summed E-state index contributed by atoms with van der Waals surface area (Å²) < 4.78 is 0. The number of nitrogens with zero attached hydrogens (tertiary/aromatic N) is 1. The summed E-state index contributed by atoms with van der Waals surface area (Å²) in [4.78, 5) is 26.5. The summed E-state index contributed by atoms with van der Waals surface area (Å²) in [7, 11) is 0. The first-order valence-electron chi connectivity index (χ1n) is 6.80. The molecule has 1 aromatic rings. The first-order chi connectivity index (χ1) is 9.16. The van der Waals surface area contributed by atoms with Crippen LogP contribution < -0.4 is 4.90 Å². The first kappa shape index (κ1) is 11.5. The molecule has 19 heavy (non-hydrogen) atoms. The molecule has 0 aromatic heterocycles. The van der Waals surface area contributed by atoms with E-state index in [2.05, 4.69) is 0 Å². The van der Waals surface area contributed by atoms with Crippen molar-refractivity contribution in [3.63, 3.8) is 0 Å². The Morgan fingerprint density at radius 3 is 2.26 bits per heavy atom. The number of carbonyl (C=O) groups excluding carboxylic acids is 2. The number of fused-ring (bicyclic) bond motifs is 5. The number of hydrogen-bond acceptors (Lipinski definition) is 2. The lowest BCUT2D eigenvalue weighted by Crippen LogP contribution is -2.32. The SMILES string of the molecule is O=C1[C@@H]2[C@H]3CC[C@@H](C3)[C@@H]2C(=O)N1c1cccc(Cl)c1. The highest BCUT2D eigenvalue weighted by Crippen LogP contribution is 2.56. The van der Waals surface area contributed by atoms with Crippen molar-refractivity contribution < 1.29 is 9.59 Å². The molecule has 0 radical (unpaired) electrons.